The zero-order valence-corrected chi connectivity index (χ0v) is 15.1. The van der Waals surface area contributed by atoms with Crippen molar-refractivity contribution in [2.24, 2.45) is 0 Å². The van der Waals surface area contributed by atoms with Gasteiger partial charge in [0.1, 0.15) is 5.76 Å². The summed E-state index contributed by atoms with van der Waals surface area (Å²) >= 11 is 0. The van der Waals surface area contributed by atoms with Crippen molar-refractivity contribution in [3.8, 4) is 0 Å². The van der Waals surface area contributed by atoms with E-state index in [2.05, 4.69) is 50.0 Å². The number of amides is 1. The Labute approximate surface area is 134 Å². The van der Waals surface area contributed by atoms with Gasteiger partial charge in [0.2, 0.25) is 0 Å². The Morgan fingerprint density at radius 3 is 2.32 bits per heavy atom. The zero-order chi connectivity index (χ0) is 16.9. The van der Waals surface area contributed by atoms with Crippen LogP contribution in [0.4, 0.5) is 0 Å². The van der Waals surface area contributed by atoms with E-state index in [1.54, 1.807) is 0 Å². The molecule has 0 aliphatic rings. The summed E-state index contributed by atoms with van der Waals surface area (Å²) in [6.45, 7) is 16.5. The highest BCUT2D eigenvalue weighted by Gasteiger charge is 2.35. The number of nitrogens with one attached hydrogen (secondary N) is 1. The van der Waals surface area contributed by atoms with Crippen LogP contribution < -0.4 is 5.32 Å². The van der Waals surface area contributed by atoms with Crippen molar-refractivity contribution in [1.82, 2.24) is 15.4 Å². The molecule has 0 aliphatic carbocycles. The van der Waals surface area contributed by atoms with E-state index in [1.165, 1.54) is 0 Å². The van der Waals surface area contributed by atoms with Gasteiger partial charge in [-0.2, -0.15) is 0 Å². The van der Waals surface area contributed by atoms with Crippen LogP contribution in [0.15, 0.2) is 4.52 Å². The molecular formula is C17H31N3O2. The lowest BCUT2D eigenvalue weighted by Crippen LogP contribution is -2.59. The molecule has 0 aliphatic heterocycles. The second-order valence-corrected chi connectivity index (χ2v) is 6.01. The van der Waals surface area contributed by atoms with Crippen LogP contribution in [0.3, 0.4) is 0 Å². The summed E-state index contributed by atoms with van der Waals surface area (Å²) in [6.07, 6.45) is 1.71. The first-order valence-corrected chi connectivity index (χ1v) is 8.36. The summed E-state index contributed by atoms with van der Waals surface area (Å²) in [6, 6.07) is 0.0195. The molecule has 2 atom stereocenters. The lowest BCUT2D eigenvalue weighted by atomic mass is 9.88. The van der Waals surface area contributed by atoms with Crippen molar-refractivity contribution in [2.45, 2.75) is 72.9 Å². The molecule has 1 amide bonds. The van der Waals surface area contributed by atoms with E-state index in [0.29, 0.717) is 5.69 Å². The van der Waals surface area contributed by atoms with Crippen LogP contribution in [0.1, 0.15) is 69.8 Å². The lowest BCUT2D eigenvalue weighted by Gasteiger charge is -2.44. The molecule has 1 aromatic heterocycles. The van der Waals surface area contributed by atoms with Gasteiger partial charge in [-0.25, -0.2) is 0 Å². The normalized spacial score (nSPS) is 15.6. The van der Waals surface area contributed by atoms with Gasteiger partial charge in [0.25, 0.3) is 5.91 Å². The summed E-state index contributed by atoms with van der Waals surface area (Å²) in [5, 5.41) is 7.04. The number of hydrogen-bond donors (Lipinski definition) is 1. The van der Waals surface area contributed by atoms with Crippen molar-refractivity contribution < 1.29 is 9.32 Å². The molecule has 126 valence electrons. The number of carbonyl (C=O) groups is 1. The molecule has 2 unspecified atom stereocenters. The third-order valence-corrected chi connectivity index (χ3v) is 5.04. The van der Waals surface area contributed by atoms with E-state index in [-0.39, 0.29) is 17.5 Å². The predicted molar refractivity (Wildman–Crippen MR) is 89.2 cm³/mol. The fourth-order valence-corrected chi connectivity index (χ4v) is 3.08. The van der Waals surface area contributed by atoms with E-state index in [9.17, 15) is 4.79 Å². The van der Waals surface area contributed by atoms with Crippen LogP contribution in [-0.2, 0) is 6.42 Å². The first kappa shape index (κ1) is 18.7. The highest BCUT2D eigenvalue weighted by atomic mass is 16.5. The number of likely N-dealkylation sites (N-methyl/N-ethyl adjacent to an activating group) is 1. The predicted octanol–water partition coefficient (Wildman–Crippen LogP) is 3.17. The molecule has 0 saturated heterocycles. The number of aryl methyl sites for hydroxylation is 1. The average molecular weight is 309 g/mol. The fourth-order valence-electron chi connectivity index (χ4n) is 3.08. The monoisotopic (exact) mass is 309 g/mol. The standard InChI is InChI=1S/C17H31N3O2/c1-8-14-12(5)15(19-22-14)16(21)18-13(6)17(7,9-2)20(10-3)11-4/h13H,8-11H2,1-7H3,(H,18,21). The second kappa shape index (κ2) is 7.77. The summed E-state index contributed by atoms with van der Waals surface area (Å²) in [4.78, 5) is 14.9. The number of aromatic nitrogens is 1. The third-order valence-electron chi connectivity index (χ3n) is 5.04. The Morgan fingerprint density at radius 1 is 1.32 bits per heavy atom. The van der Waals surface area contributed by atoms with Crippen molar-refractivity contribution in [3.63, 3.8) is 0 Å². The molecule has 0 radical (unpaired) electrons. The highest BCUT2D eigenvalue weighted by Crippen LogP contribution is 2.24. The number of carbonyl (C=O) groups excluding carboxylic acids is 1. The fraction of sp³-hybridized carbons (Fsp3) is 0.765. The molecule has 1 N–H and O–H groups in total. The maximum absolute atomic E-state index is 12.5. The molecule has 0 bridgehead atoms. The van der Waals surface area contributed by atoms with Gasteiger partial charge in [-0.3, -0.25) is 9.69 Å². The van der Waals surface area contributed by atoms with Crippen molar-refractivity contribution >= 4 is 5.91 Å². The second-order valence-electron chi connectivity index (χ2n) is 6.01. The molecule has 0 saturated carbocycles. The maximum Gasteiger partial charge on any atom is 0.274 e. The Bertz CT molecular complexity index is 494. The Kier molecular flexibility index (Phi) is 6.60. The van der Waals surface area contributed by atoms with E-state index in [0.717, 1.165) is 37.3 Å². The zero-order valence-electron chi connectivity index (χ0n) is 15.1. The molecule has 5 heteroatoms. The minimum absolute atomic E-state index is 0.0195. The van der Waals surface area contributed by atoms with Crippen LogP contribution >= 0.6 is 0 Å². The molecule has 1 aromatic rings. The SMILES string of the molecule is CCc1onc(C(=O)NC(C)C(C)(CC)N(CC)CC)c1C. The summed E-state index contributed by atoms with van der Waals surface area (Å²) in [5.74, 6) is 0.625. The number of hydrogen-bond acceptors (Lipinski definition) is 4. The minimum atomic E-state index is -0.153. The van der Waals surface area contributed by atoms with Crippen LogP contribution in [-0.4, -0.2) is 40.6 Å². The first-order valence-electron chi connectivity index (χ1n) is 8.36. The number of nitrogens with zero attached hydrogens (tertiary/aromatic N) is 2. The van der Waals surface area contributed by atoms with Crippen LogP contribution in [0, 0.1) is 6.92 Å². The average Bonchev–Trinajstić information content (AvgIpc) is 2.88. The van der Waals surface area contributed by atoms with Gasteiger partial charge in [-0.05, 0) is 40.3 Å². The summed E-state index contributed by atoms with van der Waals surface area (Å²) in [5.41, 5.74) is 1.17. The van der Waals surface area contributed by atoms with Crippen LogP contribution in [0.5, 0.6) is 0 Å². The first-order chi connectivity index (χ1) is 10.3. The van der Waals surface area contributed by atoms with Crippen molar-refractivity contribution in [3.05, 3.63) is 17.0 Å². The van der Waals surface area contributed by atoms with E-state index >= 15 is 0 Å². The molecule has 1 rings (SSSR count). The Balaban J connectivity index is 2.91. The highest BCUT2D eigenvalue weighted by molar-refractivity contribution is 5.93. The lowest BCUT2D eigenvalue weighted by molar-refractivity contribution is 0.0650. The molecule has 1 heterocycles. The Morgan fingerprint density at radius 2 is 1.91 bits per heavy atom. The molecule has 22 heavy (non-hydrogen) atoms. The van der Waals surface area contributed by atoms with Gasteiger partial charge in [0.05, 0.1) is 0 Å². The topological polar surface area (TPSA) is 58.4 Å². The number of rotatable bonds is 8. The van der Waals surface area contributed by atoms with Crippen LogP contribution in [0.25, 0.3) is 0 Å². The van der Waals surface area contributed by atoms with Gasteiger partial charge in [0, 0.05) is 23.6 Å². The van der Waals surface area contributed by atoms with Crippen molar-refractivity contribution in [1.29, 1.82) is 0 Å². The van der Waals surface area contributed by atoms with E-state index < -0.39 is 0 Å². The van der Waals surface area contributed by atoms with Crippen LogP contribution in [0.2, 0.25) is 0 Å². The van der Waals surface area contributed by atoms with Gasteiger partial charge in [-0.1, -0.05) is 32.9 Å². The van der Waals surface area contributed by atoms with Gasteiger partial charge in [-0.15, -0.1) is 0 Å². The largest absolute Gasteiger partial charge is 0.360 e. The molecule has 0 spiro atoms. The Hall–Kier alpha value is -1.36. The molecular weight excluding hydrogens is 278 g/mol. The van der Waals surface area contributed by atoms with Gasteiger partial charge >= 0.3 is 0 Å². The quantitative estimate of drug-likeness (QED) is 0.801. The van der Waals surface area contributed by atoms with Gasteiger partial charge in [0.15, 0.2) is 5.69 Å². The van der Waals surface area contributed by atoms with E-state index in [4.69, 9.17) is 4.52 Å². The summed E-state index contributed by atoms with van der Waals surface area (Å²) in [7, 11) is 0. The third kappa shape index (κ3) is 3.51. The molecule has 0 aromatic carbocycles. The van der Waals surface area contributed by atoms with Gasteiger partial charge < -0.3 is 9.84 Å². The minimum Gasteiger partial charge on any atom is -0.360 e. The maximum atomic E-state index is 12.5. The smallest absolute Gasteiger partial charge is 0.274 e. The molecule has 0 fully saturated rings. The molecule has 5 nitrogen and oxygen atoms in total. The van der Waals surface area contributed by atoms with E-state index in [1.807, 2.05) is 13.8 Å². The summed E-state index contributed by atoms with van der Waals surface area (Å²) < 4.78 is 5.23. The van der Waals surface area contributed by atoms with Crippen molar-refractivity contribution in [2.75, 3.05) is 13.1 Å².